The van der Waals surface area contributed by atoms with Crippen molar-refractivity contribution in [2.24, 2.45) is 0 Å². The molecular weight excluding hydrogens is 286 g/mol. The zero-order chi connectivity index (χ0) is 15.5. The largest absolute Gasteiger partial charge is 0.380 e. The SMILES string of the molecule is c1ccc(NC2CCN(c3cc(N4CCCC4)ncn3)C2)cc1. The third-order valence-corrected chi connectivity index (χ3v) is 4.73. The lowest BCUT2D eigenvalue weighted by Gasteiger charge is -2.21. The average Bonchev–Trinajstić information content (AvgIpc) is 3.28. The number of hydrogen-bond acceptors (Lipinski definition) is 5. The summed E-state index contributed by atoms with van der Waals surface area (Å²) in [6.45, 7) is 4.27. The molecule has 0 bridgehead atoms. The van der Waals surface area contributed by atoms with E-state index in [-0.39, 0.29) is 0 Å². The maximum atomic E-state index is 4.49. The molecule has 2 saturated heterocycles. The average molecular weight is 309 g/mol. The molecule has 1 atom stereocenters. The van der Waals surface area contributed by atoms with Crippen molar-refractivity contribution in [2.75, 3.05) is 41.3 Å². The van der Waals surface area contributed by atoms with Crippen LogP contribution < -0.4 is 15.1 Å². The van der Waals surface area contributed by atoms with Gasteiger partial charge < -0.3 is 15.1 Å². The lowest BCUT2D eigenvalue weighted by molar-refractivity contribution is 0.805. The van der Waals surface area contributed by atoms with E-state index in [1.807, 2.05) is 6.07 Å². The van der Waals surface area contributed by atoms with Crippen LogP contribution in [0.25, 0.3) is 0 Å². The van der Waals surface area contributed by atoms with Crippen LogP contribution in [0.1, 0.15) is 19.3 Å². The molecule has 1 N–H and O–H groups in total. The van der Waals surface area contributed by atoms with Gasteiger partial charge in [-0.1, -0.05) is 18.2 Å². The fourth-order valence-corrected chi connectivity index (χ4v) is 3.49. The van der Waals surface area contributed by atoms with Gasteiger partial charge in [0.05, 0.1) is 0 Å². The zero-order valence-corrected chi connectivity index (χ0v) is 13.4. The highest BCUT2D eigenvalue weighted by molar-refractivity contribution is 5.52. The van der Waals surface area contributed by atoms with E-state index in [9.17, 15) is 0 Å². The molecule has 0 aliphatic carbocycles. The fraction of sp³-hybridized carbons (Fsp3) is 0.444. The molecule has 0 saturated carbocycles. The van der Waals surface area contributed by atoms with Crippen molar-refractivity contribution in [2.45, 2.75) is 25.3 Å². The topological polar surface area (TPSA) is 44.3 Å². The van der Waals surface area contributed by atoms with Gasteiger partial charge in [-0.05, 0) is 31.4 Å². The lowest BCUT2D eigenvalue weighted by Crippen LogP contribution is -2.27. The summed E-state index contributed by atoms with van der Waals surface area (Å²) in [4.78, 5) is 13.7. The molecule has 23 heavy (non-hydrogen) atoms. The maximum Gasteiger partial charge on any atom is 0.134 e. The number of nitrogens with one attached hydrogen (secondary N) is 1. The van der Waals surface area contributed by atoms with Gasteiger partial charge in [0, 0.05) is 44.0 Å². The molecule has 4 rings (SSSR count). The van der Waals surface area contributed by atoms with Gasteiger partial charge in [0.25, 0.3) is 0 Å². The molecule has 1 aromatic carbocycles. The number of benzene rings is 1. The third kappa shape index (κ3) is 3.23. The summed E-state index contributed by atoms with van der Waals surface area (Å²) in [6, 6.07) is 13.1. The minimum Gasteiger partial charge on any atom is -0.380 e. The highest BCUT2D eigenvalue weighted by Gasteiger charge is 2.24. The Balaban J connectivity index is 1.42. The number of para-hydroxylation sites is 1. The molecule has 2 fully saturated rings. The molecule has 2 aliphatic heterocycles. The van der Waals surface area contributed by atoms with Gasteiger partial charge in [-0.25, -0.2) is 9.97 Å². The van der Waals surface area contributed by atoms with Crippen molar-refractivity contribution in [3.05, 3.63) is 42.7 Å². The van der Waals surface area contributed by atoms with E-state index in [0.717, 1.165) is 44.2 Å². The van der Waals surface area contributed by atoms with Crippen molar-refractivity contribution in [3.63, 3.8) is 0 Å². The van der Waals surface area contributed by atoms with E-state index in [4.69, 9.17) is 0 Å². The van der Waals surface area contributed by atoms with Crippen LogP contribution >= 0.6 is 0 Å². The molecule has 2 aromatic rings. The van der Waals surface area contributed by atoms with Crippen LogP contribution in [-0.2, 0) is 0 Å². The molecule has 120 valence electrons. The van der Waals surface area contributed by atoms with Crippen molar-refractivity contribution in [1.82, 2.24) is 9.97 Å². The quantitative estimate of drug-likeness (QED) is 0.941. The summed E-state index contributed by atoms with van der Waals surface area (Å²) in [5, 5.41) is 3.61. The number of aromatic nitrogens is 2. The molecule has 1 aromatic heterocycles. The molecule has 5 heteroatoms. The Labute approximate surface area is 137 Å². The Morgan fingerprint density at radius 2 is 1.65 bits per heavy atom. The van der Waals surface area contributed by atoms with Crippen molar-refractivity contribution < 1.29 is 0 Å². The van der Waals surface area contributed by atoms with Gasteiger partial charge in [-0.15, -0.1) is 0 Å². The predicted octanol–water partition coefficient (Wildman–Crippen LogP) is 2.77. The van der Waals surface area contributed by atoms with Gasteiger partial charge in [0.15, 0.2) is 0 Å². The molecule has 2 aliphatic rings. The Morgan fingerprint density at radius 1 is 0.913 bits per heavy atom. The highest BCUT2D eigenvalue weighted by atomic mass is 15.3. The van der Waals surface area contributed by atoms with Crippen molar-refractivity contribution in [1.29, 1.82) is 0 Å². The van der Waals surface area contributed by atoms with E-state index in [1.54, 1.807) is 6.33 Å². The van der Waals surface area contributed by atoms with Gasteiger partial charge in [0.2, 0.25) is 0 Å². The van der Waals surface area contributed by atoms with Crippen LogP contribution in [0.5, 0.6) is 0 Å². The minimum atomic E-state index is 0.475. The fourth-order valence-electron chi connectivity index (χ4n) is 3.49. The van der Waals surface area contributed by atoms with Crippen LogP contribution in [0.15, 0.2) is 42.7 Å². The third-order valence-electron chi connectivity index (χ3n) is 4.73. The standard InChI is InChI=1S/C18H23N5/c1-2-6-15(7-3-1)21-16-8-11-23(13-16)18-12-17(19-14-20-18)22-9-4-5-10-22/h1-3,6-7,12,14,16,21H,4-5,8-11,13H2. The monoisotopic (exact) mass is 309 g/mol. The predicted molar refractivity (Wildman–Crippen MR) is 94.2 cm³/mol. The normalized spacial score (nSPS) is 21.0. The van der Waals surface area contributed by atoms with Crippen molar-refractivity contribution >= 4 is 17.3 Å². The number of nitrogens with zero attached hydrogens (tertiary/aromatic N) is 4. The summed E-state index contributed by atoms with van der Waals surface area (Å²) >= 11 is 0. The van der Waals surface area contributed by atoms with Crippen LogP contribution in [-0.4, -0.2) is 42.2 Å². The van der Waals surface area contributed by atoms with Crippen LogP contribution in [0.2, 0.25) is 0 Å². The first-order chi connectivity index (χ1) is 11.4. The van der Waals surface area contributed by atoms with Crippen LogP contribution in [0, 0.1) is 0 Å². The summed E-state index contributed by atoms with van der Waals surface area (Å²) in [7, 11) is 0. The summed E-state index contributed by atoms with van der Waals surface area (Å²) in [6.07, 6.45) is 5.39. The van der Waals surface area contributed by atoms with E-state index in [1.165, 1.54) is 18.5 Å². The maximum absolute atomic E-state index is 4.49. The van der Waals surface area contributed by atoms with E-state index in [0.29, 0.717) is 6.04 Å². The summed E-state index contributed by atoms with van der Waals surface area (Å²) in [5.41, 5.74) is 1.19. The Morgan fingerprint density at radius 3 is 2.43 bits per heavy atom. The Kier molecular flexibility index (Phi) is 4.01. The van der Waals surface area contributed by atoms with Crippen LogP contribution in [0.3, 0.4) is 0 Å². The molecule has 0 spiro atoms. The zero-order valence-electron chi connectivity index (χ0n) is 13.4. The Hall–Kier alpha value is -2.30. The first-order valence-corrected chi connectivity index (χ1v) is 8.52. The van der Waals surface area contributed by atoms with E-state index < -0.39 is 0 Å². The van der Waals surface area contributed by atoms with Gasteiger partial charge >= 0.3 is 0 Å². The summed E-state index contributed by atoms with van der Waals surface area (Å²) < 4.78 is 0. The van der Waals surface area contributed by atoms with Gasteiger partial charge in [0.1, 0.15) is 18.0 Å². The molecule has 0 amide bonds. The Bertz CT molecular complexity index is 639. The highest BCUT2D eigenvalue weighted by Crippen LogP contribution is 2.25. The summed E-state index contributed by atoms with van der Waals surface area (Å²) in [5.74, 6) is 2.13. The number of rotatable bonds is 4. The lowest BCUT2D eigenvalue weighted by atomic mass is 10.2. The van der Waals surface area contributed by atoms with E-state index >= 15 is 0 Å². The molecule has 0 radical (unpaired) electrons. The second-order valence-corrected chi connectivity index (χ2v) is 6.37. The number of anilines is 3. The van der Waals surface area contributed by atoms with Gasteiger partial charge in [-0.2, -0.15) is 0 Å². The molecule has 5 nitrogen and oxygen atoms in total. The van der Waals surface area contributed by atoms with Crippen LogP contribution in [0.4, 0.5) is 17.3 Å². The van der Waals surface area contributed by atoms with Gasteiger partial charge in [-0.3, -0.25) is 0 Å². The first-order valence-electron chi connectivity index (χ1n) is 8.52. The first kappa shape index (κ1) is 14.3. The molecule has 1 unspecified atom stereocenters. The van der Waals surface area contributed by atoms with Crippen molar-refractivity contribution in [3.8, 4) is 0 Å². The second-order valence-electron chi connectivity index (χ2n) is 6.37. The molecular formula is C18H23N5. The second kappa shape index (κ2) is 6.44. The number of hydrogen-bond donors (Lipinski definition) is 1. The molecule has 3 heterocycles. The minimum absolute atomic E-state index is 0.475. The van der Waals surface area contributed by atoms with E-state index in [2.05, 4.69) is 55.4 Å². The smallest absolute Gasteiger partial charge is 0.134 e.